The lowest BCUT2D eigenvalue weighted by Crippen LogP contribution is -2.20. The standard InChI is InChI=1S/C22H34O/c1-4-7-18-9-11-19(12-10-18)22(8-5-2)20-13-15-21(16-14-20)23-17-6-3/h5,13-16,18-19,22H,2,4,6-12,17H2,1,3H3/t18-,19-,22?. The molecule has 0 aromatic heterocycles. The molecule has 0 N–H and O–H groups in total. The van der Waals surface area contributed by atoms with E-state index in [0.29, 0.717) is 5.92 Å². The molecule has 0 bridgehead atoms. The van der Waals surface area contributed by atoms with Crippen molar-refractivity contribution in [3.05, 3.63) is 42.5 Å². The van der Waals surface area contributed by atoms with Crippen LogP contribution in [0.4, 0.5) is 0 Å². The number of allylic oxidation sites excluding steroid dienone is 1. The second-order valence-corrected chi connectivity index (χ2v) is 7.12. The maximum atomic E-state index is 5.72. The molecule has 1 saturated carbocycles. The minimum Gasteiger partial charge on any atom is -0.494 e. The van der Waals surface area contributed by atoms with Gasteiger partial charge in [-0.1, -0.05) is 57.7 Å². The average molecular weight is 315 g/mol. The zero-order valence-electron chi connectivity index (χ0n) is 15.1. The van der Waals surface area contributed by atoms with Crippen LogP contribution >= 0.6 is 0 Å². The fourth-order valence-corrected chi connectivity index (χ4v) is 4.10. The van der Waals surface area contributed by atoms with E-state index in [9.17, 15) is 0 Å². The van der Waals surface area contributed by atoms with Crippen LogP contribution in [-0.4, -0.2) is 6.61 Å². The predicted molar refractivity (Wildman–Crippen MR) is 100 cm³/mol. The number of ether oxygens (including phenoxy) is 1. The minimum absolute atomic E-state index is 0.635. The molecule has 1 unspecified atom stereocenters. The van der Waals surface area contributed by atoms with Gasteiger partial charge in [-0.15, -0.1) is 6.58 Å². The summed E-state index contributed by atoms with van der Waals surface area (Å²) in [5, 5.41) is 0. The van der Waals surface area contributed by atoms with Crippen LogP contribution < -0.4 is 4.74 Å². The van der Waals surface area contributed by atoms with Crippen molar-refractivity contribution in [2.45, 2.75) is 71.1 Å². The van der Waals surface area contributed by atoms with Gasteiger partial charge in [-0.25, -0.2) is 0 Å². The highest BCUT2D eigenvalue weighted by atomic mass is 16.5. The van der Waals surface area contributed by atoms with Crippen LogP contribution in [0.5, 0.6) is 5.75 Å². The first kappa shape index (κ1) is 18.1. The Kier molecular flexibility index (Phi) is 7.71. The second-order valence-electron chi connectivity index (χ2n) is 7.12. The lowest BCUT2D eigenvalue weighted by Gasteiger charge is -2.34. The summed E-state index contributed by atoms with van der Waals surface area (Å²) in [7, 11) is 0. The fourth-order valence-electron chi connectivity index (χ4n) is 4.10. The Morgan fingerprint density at radius 1 is 1.09 bits per heavy atom. The van der Waals surface area contributed by atoms with Gasteiger partial charge >= 0.3 is 0 Å². The number of benzene rings is 1. The Labute approximate surface area is 143 Å². The molecule has 2 rings (SSSR count). The summed E-state index contributed by atoms with van der Waals surface area (Å²) in [5.41, 5.74) is 1.47. The minimum atomic E-state index is 0.635. The molecule has 23 heavy (non-hydrogen) atoms. The van der Waals surface area contributed by atoms with Crippen LogP contribution in [0.1, 0.15) is 76.7 Å². The summed E-state index contributed by atoms with van der Waals surface area (Å²) >= 11 is 0. The number of hydrogen-bond acceptors (Lipinski definition) is 1. The Morgan fingerprint density at radius 3 is 2.35 bits per heavy atom. The lowest BCUT2D eigenvalue weighted by atomic mass is 9.71. The maximum Gasteiger partial charge on any atom is 0.119 e. The van der Waals surface area contributed by atoms with Crippen molar-refractivity contribution in [2.75, 3.05) is 6.61 Å². The molecule has 0 amide bonds. The van der Waals surface area contributed by atoms with Crippen molar-refractivity contribution in [3.63, 3.8) is 0 Å². The molecule has 0 aliphatic heterocycles. The number of hydrogen-bond donors (Lipinski definition) is 0. The summed E-state index contributed by atoms with van der Waals surface area (Å²) in [5.74, 6) is 3.43. The predicted octanol–water partition coefficient (Wildman–Crippen LogP) is 6.74. The zero-order valence-corrected chi connectivity index (χ0v) is 15.1. The smallest absolute Gasteiger partial charge is 0.119 e. The van der Waals surface area contributed by atoms with Gasteiger partial charge in [0.15, 0.2) is 0 Å². The van der Waals surface area contributed by atoms with Crippen LogP contribution in [0, 0.1) is 11.8 Å². The van der Waals surface area contributed by atoms with Crippen molar-refractivity contribution in [3.8, 4) is 5.75 Å². The molecule has 1 aliphatic rings. The summed E-state index contributed by atoms with van der Waals surface area (Å²) in [6.45, 7) is 9.26. The molecule has 0 spiro atoms. The Hall–Kier alpha value is -1.24. The Morgan fingerprint density at radius 2 is 1.78 bits per heavy atom. The molecule has 1 aromatic rings. The third kappa shape index (κ3) is 5.41. The van der Waals surface area contributed by atoms with Crippen LogP contribution in [0.3, 0.4) is 0 Å². The first-order valence-corrected chi connectivity index (χ1v) is 9.62. The van der Waals surface area contributed by atoms with Gasteiger partial charge in [-0.3, -0.25) is 0 Å². The molecule has 1 aromatic carbocycles. The average Bonchev–Trinajstić information content (AvgIpc) is 2.60. The molecule has 128 valence electrons. The summed E-state index contributed by atoms with van der Waals surface area (Å²) in [4.78, 5) is 0. The van der Waals surface area contributed by atoms with Gasteiger partial charge in [-0.05, 0) is 61.1 Å². The normalized spacial score (nSPS) is 22.5. The zero-order chi connectivity index (χ0) is 16.5. The van der Waals surface area contributed by atoms with Crippen LogP contribution in [0.25, 0.3) is 0 Å². The van der Waals surface area contributed by atoms with E-state index < -0.39 is 0 Å². The summed E-state index contributed by atoms with van der Waals surface area (Å²) < 4.78 is 5.72. The van der Waals surface area contributed by atoms with E-state index in [0.717, 1.165) is 37.0 Å². The van der Waals surface area contributed by atoms with Crippen molar-refractivity contribution >= 4 is 0 Å². The van der Waals surface area contributed by atoms with E-state index in [-0.39, 0.29) is 0 Å². The molecule has 1 atom stereocenters. The van der Waals surface area contributed by atoms with Gasteiger partial charge in [0.05, 0.1) is 6.61 Å². The van der Waals surface area contributed by atoms with Crippen LogP contribution in [0.15, 0.2) is 36.9 Å². The number of rotatable bonds is 9. The van der Waals surface area contributed by atoms with E-state index in [4.69, 9.17) is 4.74 Å². The van der Waals surface area contributed by atoms with Gasteiger partial charge in [0.25, 0.3) is 0 Å². The Balaban J connectivity index is 1.99. The highest BCUT2D eigenvalue weighted by Crippen LogP contribution is 2.41. The van der Waals surface area contributed by atoms with Gasteiger partial charge in [0, 0.05) is 0 Å². The van der Waals surface area contributed by atoms with Crippen LogP contribution in [0.2, 0.25) is 0 Å². The SMILES string of the molecule is C=CCC(c1ccc(OCCC)cc1)[C@H]1CC[C@H](CCC)CC1. The van der Waals surface area contributed by atoms with E-state index in [1.54, 1.807) is 0 Å². The Bertz CT molecular complexity index is 440. The first-order chi connectivity index (χ1) is 11.3. The molecule has 0 heterocycles. The van der Waals surface area contributed by atoms with Gasteiger partial charge in [-0.2, -0.15) is 0 Å². The molecular formula is C22H34O. The van der Waals surface area contributed by atoms with Crippen LogP contribution in [-0.2, 0) is 0 Å². The quantitative estimate of drug-likeness (QED) is 0.458. The highest BCUT2D eigenvalue weighted by Gasteiger charge is 2.27. The topological polar surface area (TPSA) is 9.23 Å². The lowest BCUT2D eigenvalue weighted by molar-refractivity contribution is 0.232. The van der Waals surface area contributed by atoms with Crippen molar-refractivity contribution in [1.29, 1.82) is 0 Å². The molecule has 0 radical (unpaired) electrons. The van der Waals surface area contributed by atoms with Crippen molar-refractivity contribution in [1.82, 2.24) is 0 Å². The van der Waals surface area contributed by atoms with Gasteiger partial charge < -0.3 is 4.74 Å². The van der Waals surface area contributed by atoms with Gasteiger partial charge in [0.1, 0.15) is 5.75 Å². The largest absolute Gasteiger partial charge is 0.494 e. The van der Waals surface area contributed by atoms with Crippen molar-refractivity contribution < 1.29 is 4.74 Å². The van der Waals surface area contributed by atoms with Gasteiger partial charge in [0.2, 0.25) is 0 Å². The molecular weight excluding hydrogens is 280 g/mol. The third-order valence-electron chi connectivity index (χ3n) is 5.36. The molecule has 1 fully saturated rings. The molecule has 1 aliphatic carbocycles. The van der Waals surface area contributed by atoms with E-state index in [2.05, 4.69) is 50.8 Å². The molecule has 1 heteroatoms. The maximum absolute atomic E-state index is 5.72. The van der Waals surface area contributed by atoms with E-state index in [1.165, 1.54) is 44.1 Å². The molecule has 1 nitrogen and oxygen atoms in total. The fraction of sp³-hybridized carbons (Fsp3) is 0.636. The highest BCUT2D eigenvalue weighted by molar-refractivity contribution is 5.30. The van der Waals surface area contributed by atoms with E-state index in [1.807, 2.05) is 0 Å². The third-order valence-corrected chi connectivity index (χ3v) is 5.36. The molecule has 0 saturated heterocycles. The first-order valence-electron chi connectivity index (χ1n) is 9.62. The van der Waals surface area contributed by atoms with Crippen molar-refractivity contribution in [2.24, 2.45) is 11.8 Å². The second kappa shape index (κ2) is 9.80. The summed E-state index contributed by atoms with van der Waals surface area (Å²) in [6, 6.07) is 8.84. The summed E-state index contributed by atoms with van der Waals surface area (Å²) in [6.07, 6.45) is 12.6. The van der Waals surface area contributed by atoms with E-state index >= 15 is 0 Å². The monoisotopic (exact) mass is 314 g/mol.